The molecule has 0 spiro atoms. The minimum atomic E-state index is -0.157. The second-order valence-electron chi connectivity index (χ2n) is 0.930. The van der Waals surface area contributed by atoms with Crippen LogP contribution in [0.25, 0.3) is 0 Å². The van der Waals surface area contributed by atoms with Crippen LogP contribution in [-0.4, -0.2) is 31.7 Å². The third-order valence-corrected chi connectivity index (χ3v) is 0.516. The Hall–Kier alpha value is -0.280. The van der Waals surface area contributed by atoms with Crippen molar-refractivity contribution in [2.45, 2.75) is 13.3 Å². The zero-order valence-corrected chi connectivity index (χ0v) is 7.60. The first-order valence-corrected chi connectivity index (χ1v) is 3.46. The minimum absolute atomic E-state index is 0.157. The summed E-state index contributed by atoms with van der Waals surface area (Å²) in [5.74, 6) is -0.157. The van der Waals surface area contributed by atoms with E-state index in [4.69, 9.17) is 5.11 Å². The summed E-state index contributed by atoms with van der Waals surface area (Å²) in [6.45, 7) is 1.76. The minimum Gasteiger partial charge on any atom is -0.469 e. The van der Waals surface area contributed by atoms with E-state index in [9.17, 15) is 4.79 Å². The van der Waals surface area contributed by atoms with E-state index in [1.165, 1.54) is 13.5 Å². The number of hydrogen-bond acceptors (Lipinski definition) is 3. The predicted molar refractivity (Wildman–Crippen MR) is 42.2 cm³/mol. The summed E-state index contributed by atoms with van der Waals surface area (Å²) in [6.07, 6.45) is 1.94. The number of ether oxygens (including phenoxy) is 1. The molecule has 0 aromatic rings. The van der Waals surface area contributed by atoms with Gasteiger partial charge in [0.1, 0.15) is 0 Å². The lowest BCUT2D eigenvalue weighted by atomic mass is 10.5. The van der Waals surface area contributed by atoms with E-state index < -0.39 is 0 Å². The van der Waals surface area contributed by atoms with Gasteiger partial charge in [0, 0.05) is 19.9 Å². The van der Waals surface area contributed by atoms with Crippen LogP contribution in [-0.2, 0) is 9.53 Å². The zero-order valence-electron chi connectivity index (χ0n) is 6.85. The highest BCUT2D eigenvalue weighted by Gasteiger charge is 1.87. The van der Waals surface area contributed by atoms with Crippen LogP contribution in [0.4, 0.5) is 0 Å². The van der Waals surface area contributed by atoms with Crippen LogP contribution < -0.4 is 0 Å². The molecule has 0 aliphatic rings. The number of aliphatic hydroxyl groups is 1. The molecule has 0 saturated carbocycles. The van der Waals surface area contributed by atoms with Crippen LogP contribution in [0.15, 0.2) is 0 Å². The molecule has 1 N–H and O–H groups in total. The normalized spacial score (nSPS) is 5.80. The quantitative estimate of drug-likeness (QED) is 0.473. The number of carbonyl (C=O) groups excluding carboxylic acids is 1. The summed E-state index contributed by atoms with van der Waals surface area (Å²) in [7, 11) is 2.38. The van der Waals surface area contributed by atoms with Crippen molar-refractivity contribution < 1.29 is 14.6 Å². The third-order valence-electron chi connectivity index (χ3n) is 0.516. The second kappa shape index (κ2) is 23.3. The first-order chi connectivity index (χ1) is 4.81. The fraction of sp³-hybridized carbons (Fsp3) is 0.833. The van der Waals surface area contributed by atoms with Gasteiger partial charge in [-0.05, 0) is 0 Å². The molecule has 0 bridgehead atoms. The molecule has 64 valence electrons. The maximum atomic E-state index is 9.96. The molecule has 0 aromatic carbocycles. The van der Waals surface area contributed by atoms with Gasteiger partial charge in [-0.25, -0.2) is 0 Å². The Labute approximate surface area is 66.9 Å². The number of carbonyl (C=O) groups is 1. The molecule has 0 radical (unpaired) electrons. The van der Waals surface area contributed by atoms with Crippen LogP contribution in [0, 0.1) is 0 Å². The molecule has 0 heterocycles. The molecule has 0 aliphatic heterocycles. The van der Waals surface area contributed by atoms with Crippen molar-refractivity contribution in [3.63, 3.8) is 0 Å². The molecule has 0 unspecified atom stereocenters. The summed E-state index contributed by atoms with van der Waals surface area (Å²) in [6, 6.07) is 0. The number of aliphatic hydroxyl groups excluding tert-OH is 1. The molecule has 0 aromatic heterocycles. The van der Waals surface area contributed by atoms with Gasteiger partial charge in [0.2, 0.25) is 0 Å². The van der Waals surface area contributed by atoms with E-state index in [1.54, 1.807) is 6.92 Å². The average Bonchev–Trinajstić information content (AvgIpc) is 2.10. The van der Waals surface area contributed by atoms with Gasteiger partial charge in [-0.1, -0.05) is 6.92 Å². The Balaban J connectivity index is -0.000000105. The van der Waals surface area contributed by atoms with E-state index in [2.05, 4.69) is 16.3 Å². The van der Waals surface area contributed by atoms with E-state index in [-0.39, 0.29) is 5.97 Å². The number of rotatable bonds is 1. The van der Waals surface area contributed by atoms with Crippen molar-refractivity contribution in [1.29, 1.82) is 0 Å². The molecule has 0 fully saturated rings. The summed E-state index contributed by atoms with van der Waals surface area (Å²) < 4.78 is 4.26. The largest absolute Gasteiger partial charge is 0.469 e. The predicted octanol–water partition coefficient (Wildman–Crippen LogP) is 1.03. The first kappa shape index (κ1) is 16.4. The van der Waals surface area contributed by atoms with Crippen molar-refractivity contribution >= 4 is 17.6 Å². The lowest BCUT2D eigenvalue weighted by Crippen LogP contribution is -1.94. The van der Waals surface area contributed by atoms with E-state index in [0.717, 1.165) is 7.11 Å². The van der Waals surface area contributed by atoms with Crippen molar-refractivity contribution in [3.05, 3.63) is 0 Å². The van der Waals surface area contributed by atoms with Crippen LogP contribution in [0.1, 0.15) is 13.3 Å². The number of esters is 1. The highest BCUT2D eigenvalue weighted by molar-refractivity contribution is 6.15. The Morgan fingerprint density at radius 3 is 1.80 bits per heavy atom. The summed E-state index contributed by atoms with van der Waals surface area (Å²) in [5.41, 5.74) is 0. The molecule has 0 atom stereocenters. The monoisotopic (exact) mass is 170 g/mol. The van der Waals surface area contributed by atoms with E-state index >= 15 is 0 Å². The molecule has 0 saturated heterocycles. The molecule has 3 nitrogen and oxygen atoms in total. The van der Waals surface area contributed by atoms with Crippen molar-refractivity contribution in [1.82, 2.24) is 0 Å². The maximum Gasteiger partial charge on any atom is 0.305 e. The average molecular weight is 171 g/mol. The smallest absolute Gasteiger partial charge is 0.305 e. The van der Waals surface area contributed by atoms with Crippen LogP contribution in [0.2, 0.25) is 0 Å². The lowest BCUT2D eigenvalue weighted by Gasteiger charge is -1.87. The summed E-state index contributed by atoms with van der Waals surface area (Å²) in [5, 5.41) is 7.00. The second-order valence-corrected chi connectivity index (χ2v) is 0.930. The molecular weight excluding hydrogens is 156 g/mol. The first-order valence-electron chi connectivity index (χ1n) is 2.70. The molecule has 0 amide bonds. The van der Waals surface area contributed by atoms with Gasteiger partial charge >= 0.3 is 5.97 Å². The highest BCUT2D eigenvalue weighted by Crippen LogP contribution is 1.76. The van der Waals surface area contributed by atoms with Gasteiger partial charge in [0.15, 0.2) is 0 Å². The summed E-state index contributed by atoms with van der Waals surface area (Å²) >= 11 is 4.64. The van der Waals surface area contributed by atoms with Gasteiger partial charge in [-0.2, -0.15) is 0 Å². The van der Waals surface area contributed by atoms with Crippen molar-refractivity contribution in [2.24, 2.45) is 0 Å². The Morgan fingerprint density at radius 2 is 1.80 bits per heavy atom. The standard InChI is InChI=1S/C4H8O2.CH3Cl.CH4O/c1-3-4(5)6-2;2*1-2/h3H2,1-2H3;1H3;2H,1H3. The summed E-state index contributed by atoms with van der Waals surface area (Å²) in [4.78, 5) is 9.96. The van der Waals surface area contributed by atoms with Gasteiger partial charge in [0.05, 0.1) is 7.11 Å². The Morgan fingerprint density at radius 1 is 1.50 bits per heavy atom. The molecule has 0 rings (SSSR count). The van der Waals surface area contributed by atoms with E-state index in [1.807, 2.05) is 0 Å². The van der Waals surface area contributed by atoms with Crippen molar-refractivity contribution in [3.8, 4) is 0 Å². The number of halogens is 1. The lowest BCUT2D eigenvalue weighted by molar-refractivity contribution is -0.140. The van der Waals surface area contributed by atoms with Gasteiger partial charge in [0.25, 0.3) is 0 Å². The number of methoxy groups -OCH3 is 1. The van der Waals surface area contributed by atoms with Gasteiger partial charge < -0.3 is 9.84 Å². The topological polar surface area (TPSA) is 46.5 Å². The fourth-order valence-electron chi connectivity index (χ4n) is 0.144. The molecule has 10 heavy (non-hydrogen) atoms. The SMILES string of the molecule is CCC(=O)OC.CCl.CO. The molecule has 4 heteroatoms. The fourth-order valence-corrected chi connectivity index (χ4v) is 0.144. The van der Waals surface area contributed by atoms with Gasteiger partial charge in [-0.15, -0.1) is 11.6 Å². The zero-order chi connectivity index (χ0) is 8.99. The van der Waals surface area contributed by atoms with Crippen LogP contribution in [0.5, 0.6) is 0 Å². The Bertz CT molecular complexity index is 51.0. The van der Waals surface area contributed by atoms with Crippen LogP contribution in [0.3, 0.4) is 0 Å². The van der Waals surface area contributed by atoms with Crippen LogP contribution >= 0.6 is 11.6 Å². The van der Waals surface area contributed by atoms with Gasteiger partial charge in [-0.3, -0.25) is 4.79 Å². The van der Waals surface area contributed by atoms with E-state index in [0.29, 0.717) is 6.42 Å². The van der Waals surface area contributed by atoms with Crippen molar-refractivity contribution in [2.75, 3.05) is 20.6 Å². The molecular formula is C6H15ClO3. The highest BCUT2D eigenvalue weighted by atomic mass is 35.5. The number of hydrogen-bond donors (Lipinski definition) is 1. The Kier molecular flexibility index (Phi) is 38.2. The third kappa shape index (κ3) is 25.2. The molecule has 0 aliphatic carbocycles. The number of alkyl halides is 1. The maximum absolute atomic E-state index is 9.96.